The summed E-state index contributed by atoms with van der Waals surface area (Å²) < 4.78 is 0. The van der Waals surface area contributed by atoms with Crippen LogP contribution in [-0.4, -0.2) is 61.8 Å². The Kier molecular flexibility index (Phi) is 3.88. The Labute approximate surface area is 99.4 Å². The van der Waals surface area contributed by atoms with Gasteiger partial charge in [-0.15, -0.1) is 0 Å². The van der Waals surface area contributed by atoms with E-state index in [1.54, 1.807) is 0 Å². The third-order valence-corrected chi connectivity index (χ3v) is 4.31. The van der Waals surface area contributed by atoms with Crippen LogP contribution in [0.5, 0.6) is 0 Å². The molecule has 0 atom stereocenters. The first kappa shape index (κ1) is 12.3. The molecule has 2 fully saturated rings. The van der Waals surface area contributed by atoms with Gasteiger partial charge in [0.2, 0.25) is 0 Å². The van der Waals surface area contributed by atoms with Crippen LogP contribution in [-0.2, 0) is 0 Å². The number of likely N-dealkylation sites (tertiary alicyclic amines) is 1. The van der Waals surface area contributed by atoms with Gasteiger partial charge in [-0.2, -0.15) is 0 Å². The van der Waals surface area contributed by atoms with E-state index in [1.807, 2.05) is 0 Å². The topological polar surface area (TPSA) is 26.7 Å². The average molecular weight is 226 g/mol. The Balaban J connectivity index is 1.69. The van der Waals surface area contributed by atoms with Crippen molar-refractivity contribution in [3.05, 3.63) is 0 Å². The summed E-state index contributed by atoms with van der Waals surface area (Å²) in [7, 11) is 4.43. The highest BCUT2D eigenvalue weighted by Crippen LogP contribution is 2.45. The van der Waals surface area contributed by atoms with E-state index < -0.39 is 0 Å². The van der Waals surface area contributed by atoms with Gasteiger partial charge in [-0.25, -0.2) is 0 Å². The van der Waals surface area contributed by atoms with Gasteiger partial charge in [0.1, 0.15) is 0 Å². The number of aliphatic hydroxyl groups is 1. The van der Waals surface area contributed by atoms with Crippen LogP contribution in [0, 0.1) is 11.3 Å². The highest BCUT2D eigenvalue weighted by Gasteiger charge is 2.42. The van der Waals surface area contributed by atoms with Gasteiger partial charge in [-0.05, 0) is 58.8 Å². The van der Waals surface area contributed by atoms with Gasteiger partial charge in [0.05, 0.1) is 0 Å². The van der Waals surface area contributed by atoms with Crippen LogP contribution in [0.4, 0.5) is 0 Å². The summed E-state index contributed by atoms with van der Waals surface area (Å²) in [6.45, 7) is 5.20. The third kappa shape index (κ3) is 3.19. The Hall–Kier alpha value is -0.120. The lowest BCUT2D eigenvalue weighted by molar-refractivity contribution is 0.132. The third-order valence-electron chi connectivity index (χ3n) is 4.31. The van der Waals surface area contributed by atoms with Crippen molar-refractivity contribution in [1.82, 2.24) is 9.80 Å². The summed E-state index contributed by atoms with van der Waals surface area (Å²) in [6, 6.07) is 0. The molecule has 0 spiro atoms. The van der Waals surface area contributed by atoms with Gasteiger partial charge < -0.3 is 14.9 Å². The highest BCUT2D eigenvalue weighted by atomic mass is 16.3. The first-order valence-corrected chi connectivity index (χ1v) is 6.61. The van der Waals surface area contributed by atoms with E-state index in [2.05, 4.69) is 23.9 Å². The Bertz CT molecular complexity index is 220. The van der Waals surface area contributed by atoms with E-state index in [1.165, 1.54) is 45.3 Å². The maximum atomic E-state index is 9.31. The summed E-state index contributed by atoms with van der Waals surface area (Å²) in [4.78, 5) is 4.87. The number of hydrogen-bond donors (Lipinski definition) is 1. The van der Waals surface area contributed by atoms with Gasteiger partial charge in [-0.3, -0.25) is 0 Å². The van der Waals surface area contributed by atoms with Crippen molar-refractivity contribution < 1.29 is 5.11 Å². The lowest BCUT2D eigenvalue weighted by Crippen LogP contribution is -2.38. The molecule has 0 aromatic heterocycles. The fourth-order valence-corrected chi connectivity index (χ4v) is 2.87. The smallest absolute Gasteiger partial charge is 0.0499 e. The normalized spacial score (nSPS) is 26.2. The summed E-state index contributed by atoms with van der Waals surface area (Å²) in [6.07, 6.45) is 5.13. The maximum Gasteiger partial charge on any atom is 0.0499 e. The quantitative estimate of drug-likeness (QED) is 0.758. The average Bonchev–Trinajstić information content (AvgIpc) is 3.02. The predicted molar refractivity (Wildman–Crippen MR) is 66.5 cm³/mol. The van der Waals surface area contributed by atoms with E-state index in [-0.39, 0.29) is 5.41 Å². The van der Waals surface area contributed by atoms with E-state index in [4.69, 9.17) is 0 Å². The second kappa shape index (κ2) is 5.03. The lowest BCUT2D eigenvalue weighted by atomic mass is 9.96. The summed E-state index contributed by atoms with van der Waals surface area (Å²) in [5.74, 6) is 0.871. The number of hydrogen-bond acceptors (Lipinski definition) is 3. The van der Waals surface area contributed by atoms with Crippen LogP contribution in [0.3, 0.4) is 0 Å². The fourth-order valence-electron chi connectivity index (χ4n) is 2.87. The molecule has 3 nitrogen and oxygen atoms in total. The standard InChI is InChI=1S/C13H26N2O/c1-14-7-3-12(4-8-14)9-15(2)10-13(11-16)5-6-13/h12,16H,3-11H2,1-2H3. The number of piperidine rings is 1. The highest BCUT2D eigenvalue weighted by molar-refractivity contribution is 4.94. The molecule has 1 saturated carbocycles. The zero-order chi connectivity index (χ0) is 11.6. The first-order valence-electron chi connectivity index (χ1n) is 6.61. The minimum atomic E-state index is 0.278. The monoisotopic (exact) mass is 226 g/mol. The fraction of sp³-hybridized carbons (Fsp3) is 1.00. The molecule has 0 aromatic rings. The van der Waals surface area contributed by atoms with E-state index in [0.717, 1.165) is 12.5 Å². The van der Waals surface area contributed by atoms with Crippen LogP contribution in [0.25, 0.3) is 0 Å². The SMILES string of the molecule is CN1CCC(CN(C)CC2(CO)CC2)CC1. The molecule has 94 valence electrons. The van der Waals surface area contributed by atoms with Gasteiger partial charge in [0.15, 0.2) is 0 Å². The molecule has 1 aliphatic heterocycles. The molecule has 0 unspecified atom stereocenters. The van der Waals surface area contributed by atoms with Gasteiger partial charge in [0.25, 0.3) is 0 Å². The molecule has 0 bridgehead atoms. The molecular formula is C13H26N2O. The second-order valence-electron chi connectivity index (χ2n) is 6.10. The summed E-state index contributed by atoms with van der Waals surface area (Å²) in [5, 5.41) is 9.31. The van der Waals surface area contributed by atoms with Crippen molar-refractivity contribution in [2.75, 3.05) is 46.9 Å². The van der Waals surface area contributed by atoms with Crippen molar-refractivity contribution in [2.24, 2.45) is 11.3 Å². The molecule has 2 aliphatic rings. The first-order chi connectivity index (χ1) is 7.63. The van der Waals surface area contributed by atoms with Crippen LogP contribution < -0.4 is 0 Å². The molecule has 0 radical (unpaired) electrons. The van der Waals surface area contributed by atoms with E-state index in [9.17, 15) is 5.11 Å². The number of aliphatic hydroxyl groups excluding tert-OH is 1. The summed E-state index contributed by atoms with van der Waals surface area (Å²) >= 11 is 0. The van der Waals surface area contributed by atoms with Crippen molar-refractivity contribution in [1.29, 1.82) is 0 Å². The van der Waals surface area contributed by atoms with Gasteiger partial charge in [0, 0.05) is 25.1 Å². The molecule has 1 saturated heterocycles. The molecule has 1 aliphatic carbocycles. The van der Waals surface area contributed by atoms with E-state index >= 15 is 0 Å². The second-order valence-corrected chi connectivity index (χ2v) is 6.10. The van der Waals surface area contributed by atoms with Gasteiger partial charge >= 0.3 is 0 Å². The Morgan fingerprint density at radius 2 is 1.94 bits per heavy atom. The zero-order valence-electron chi connectivity index (χ0n) is 10.8. The van der Waals surface area contributed by atoms with Crippen molar-refractivity contribution >= 4 is 0 Å². The van der Waals surface area contributed by atoms with E-state index in [0.29, 0.717) is 6.61 Å². The van der Waals surface area contributed by atoms with Crippen molar-refractivity contribution in [3.8, 4) is 0 Å². The van der Waals surface area contributed by atoms with Crippen LogP contribution >= 0.6 is 0 Å². The molecule has 0 aromatic carbocycles. The number of rotatable bonds is 5. The Morgan fingerprint density at radius 1 is 1.31 bits per heavy atom. The molecule has 3 heteroatoms. The molecule has 16 heavy (non-hydrogen) atoms. The van der Waals surface area contributed by atoms with Crippen LogP contribution in [0.2, 0.25) is 0 Å². The number of nitrogens with zero attached hydrogens (tertiary/aromatic N) is 2. The predicted octanol–water partition coefficient (Wildman–Crippen LogP) is 1.03. The molecule has 1 N–H and O–H groups in total. The summed E-state index contributed by atoms with van der Waals surface area (Å²) in [5.41, 5.74) is 0.278. The minimum absolute atomic E-state index is 0.278. The maximum absolute atomic E-state index is 9.31. The van der Waals surface area contributed by atoms with Crippen molar-refractivity contribution in [3.63, 3.8) is 0 Å². The molecule has 1 heterocycles. The Morgan fingerprint density at radius 3 is 2.44 bits per heavy atom. The molecular weight excluding hydrogens is 200 g/mol. The van der Waals surface area contributed by atoms with Gasteiger partial charge in [-0.1, -0.05) is 0 Å². The van der Waals surface area contributed by atoms with Crippen LogP contribution in [0.1, 0.15) is 25.7 Å². The zero-order valence-corrected chi connectivity index (χ0v) is 10.8. The largest absolute Gasteiger partial charge is 0.396 e. The molecule has 0 amide bonds. The van der Waals surface area contributed by atoms with Crippen LogP contribution in [0.15, 0.2) is 0 Å². The molecule has 2 rings (SSSR count). The lowest BCUT2D eigenvalue weighted by Gasteiger charge is -2.32. The van der Waals surface area contributed by atoms with Crippen molar-refractivity contribution in [2.45, 2.75) is 25.7 Å². The minimum Gasteiger partial charge on any atom is -0.396 e.